The van der Waals surface area contributed by atoms with Gasteiger partial charge in [-0.3, -0.25) is 4.79 Å². The standard InChI is InChI=1S/C12H16FN3O3S/c1-7(12(17)15-9-3-4-9)16-20(18,19)11-6-8(13)2-5-10(11)14/h2,5-7,9,16H,3-4,14H2,1H3,(H,15,17). The Balaban J connectivity index is 2.13. The highest BCUT2D eigenvalue weighted by molar-refractivity contribution is 7.89. The third-order valence-corrected chi connectivity index (χ3v) is 4.51. The first kappa shape index (κ1) is 14.7. The van der Waals surface area contributed by atoms with Crippen LogP contribution in [0.3, 0.4) is 0 Å². The Kier molecular flexibility index (Phi) is 3.96. The lowest BCUT2D eigenvalue weighted by Gasteiger charge is -2.15. The first-order valence-corrected chi connectivity index (χ1v) is 7.65. The monoisotopic (exact) mass is 301 g/mol. The van der Waals surface area contributed by atoms with Gasteiger partial charge in [0, 0.05) is 6.04 Å². The first-order valence-electron chi connectivity index (χ1n) is 6.17. The van der Waals surface area contributed by atoms with Crippen LogP contribution in [0, 0.1) is 5.82 Å². The molecule has 110 valence electrons. The maximum atomic E-state index is 13.1. The van der Waals surface area contributed by atoms with Crippen molar-refractivity contribution in [1.29, 1.82) is 0 Å². The number of amides is 1. The second-order valence-electron chi connectivity index (χ2n) is 4.81. The summed E-state index contributed by atoms with van der Waals surface area (Å²) in [6.07, 6.45) is 1.81. The van der Waals surface area contributed by atoms with Gasteiger partial charge in [0.05, 0.1) is 11.7 Å². The number of carbonyl (C=O) groups excluding carboxylic acids is 1. The van der Waals surface area contributed by atoms with E-state index in [1.54, 1.807) is 0 Å². The van der Waals surface area contributed by atoms with Crippen LogP contribution >= 0.6 is 0 Å². The average molecular weight is 301 g/mol. The maximum absolute atomic E-state index is 13.1. The van der Waals surface area contributed by atoms with Gasteiger partial charge in [0.25, 0.3) is 0 Å². The predicted molar refractivity (Wildman–Crippen MR) is 71.8 cm³/mol. The second-order valence-corrected chi connectivity index (χ2v) is 6.49. The summed E-state index contributed by atoms with van der Waals surface area (Å²) in [5.41, 5.74) is 5.46. The Morgan fingerprint density at radius 1 is 1.45 bits per heavy atom. The van der Waals surface area contributed by atoms with E-state index in [4.69, 9.17) is 5.73 Å². The molecule has 0 aromatic heterocycles. The number of benzene rings is 1. The van der Waals surface area contributed by atoms with Gasteiger partial charge >= 0.3 is 0 Å². The Morgan fingerprint density at radius 3 is 2.70 bits per heavy atom. The van der Waals surface area contributed by atoms with Crippen molar-refractivity contribution >= 4 is 21.6 Å². The van der Waals surface area contributed by atoms with Crippen LogP contribution in [0.25, 0.3) is 0 Å². The molecule has 2 rings (SSSR count). The number of sulfonamides is 1. The fourth-order valence-corrected chi connectivity index (χ4v) is 2.99. The molecular weight excluding hydrogens is 285 g/mol. The van der Waals surface area contributed by atoms with Crippen molar-refractivity contribution in [2.24, 2.45) is 0 Å². The summed E-state index contributed by atoms with van der Waals surface area (Å²) < 4.78 is 39.5. The van der Waals surface area contributed by atoms with Gasteiger partial charge in [0.15, 0.2) is 0 Å². The summed E-state index contributed by atoms with van der Waals surface area (Å²) in [4.78, 5) is 11.3. The molecule has 1 aromatic rings. The van der Waals surface area contributed by atoms with Crippen LogP contribution in [0.4, 0.5) is 10.1 Å². The molecule has 0 bridgehead atoms. The summed E-state index contributed by atoms with van der Waals surface area (Å²) in [6, 6.07) is 2.23. The predicted octanol–water partition coefficient (Wildman–Crippen LogP) is 0.353. The van der Waals surface area contributed by atoms with Crippen molar-refractivity contribution < 1.29 is 17.6 Å². The topological polar surface area (TPSA) is 101 Å². The molecule has 6 nitrogen and oxygen atoms in total. The zero-order chi connectivity index (χ0) is 14.9. The second kappa shape index (κ2) is 5.37. The average Bonchev–Trinajstić information content (AvgIpc) is 3.15. The van der Waals surface area contributed by atoms with Gasteiger partial charge in [-0.15, -0.1) is 0 Å². The number of hydrogen-bond donors (Lipinski definition) is 3. The van der Waals surface area contributed by atoms with Gasteiger partial charge in [0.1, 0.15) is 10.7 Å². The Labute approximate surface area is 116 Å². The van der Waals surface area contributed by atoms with Crippen LogP contribution in [-0.4, -0.2) is 26.4 Å². The summed E-state index contributed by atoms with van der Waals surface area (Å²) >= 11 is 0. The van der Waals surface area contributed by atoms with Crippen molar-refractivity contribution in [2.45, 2.75) is 36.7 Å². The molecule has 1 atom stereocenters. The number of hydrogen-bond acceptors (Lipinski definition) is 4. The molecule has 1 amide bonds. The van der Waals surface area contributed by atoms with Gasteiger partial charge in [-0.1, -0.05) is 0 Å². The van der Waals surface area contributed by atoms with E-state index in [0.29, 0.717) is 0 Å². The molecule has 1 aliphatic carbocycles. The van der Waals surface area contributed by atoms with E-state index in [1.807, 2.05) is 0 Å². The van der Waals surface area contributed by atoms with E-state index in [9.17, 15) is 17.6 Å². The molecule has 4 N–H and O–H groups in total. The molecule has 0 heterocycles. The number of nitrogens with two attached hydrogens (primary N) is 1. The molecule has 1 aliphatic rings. The van der Waals surface area contributed by atoms with Gasteiger partial charge in [0.2, 0.25) is 15.9 Å². The third kappa shape index (κ3) is 3.45. The number of carbonyl (C=O) groups is 1. The zero-order valence-corrected chi connectivity index (χ0v) is 11.7. The lowest BCUT2D eigenvalue weighted by Crippen LogP contribution is -2.45. The van der Waals surface area contributed by atoms with Crippen LogP contribution in [0.1, 0.15) is 19.8 Å². The molecule has 8 heteroatoms. The van der Waals surface area contributed by atoms with E-state index in [1.165, 1.54) is 13.0 Å². The van der Waals surface area contributed by atoms with Crippen LogP contribution in [0.15, 0.2) is 23.1 Å². The van der Waals surface area contributed by atoms with Crippen molar-refractivity contribution in [3.8, 4) is 0 Å². The Bertz CT molecular complexity index is 629. The highest BCUT2D eigenvalue weighted by atomic mass is 32.2. The quantitative estimate of drug-likeness (QED) is 0.683. The van der Waals surface area contributed by atoms with E-state index < -0.39 is 27.8 Å². The molecule has 1 aromatic carbocycles. The van der Waals surface area contributed by atoms with Crippen LogP contribution in [0.2, 0.25) is 0 Å². The minimum Gasteiger partial charge on any atom is -0.398 e. The highest BCUT2D eigenvalue weighted by Gasteiger charge is 2.28. The normalized spacial score (nSPS) is 16.7. The SMILES string of the molecule is CC(NS(=O)(=O)c1cc(F)ccc1N)C(=O)NC1CC1. The molecule has 20 heavy (non-hydrogen) atoms. The first-order chi connectivity index (χ1) is 9.29. The minimum atomic E-state index is -4.05. The molecule has 1 saturated carbocycles. The van der Waals surface area contributed by atoms with Crippen molar-refractivity contribution in [1.82, 2.24) is 10.0 Å². The van der Waals surface area contributed by atoms with E-state index in [2.05, 4.69) is 10.0 Å². The van der Waals surface area contributed by atoms with E-state index >= 15 is 0 Å². The number of nitrogen functional groups attached to an aromatic ring is 1. The van der Waals surface area contributed by atoms with Gasteiger partial charge < -0.3 is 11.1 Å². The molecule has 0 radical (unpaired) electrons. The molecular formula is C12H16FN3O3S. The zero-order valence-electron chi connectivity index (χ0n) is 10.9. The number of halogens is 1. The minimum absolute atomic E-state index is 0.0753. The molecule has 0 saturated heterocycles. The molecule has 1 unspecified atom stereocenters. The van der Waals surface area contributed by atoms with Gasteiger partial charge in [-0.2, -0.15) is 4.72 Å². The van der Waals surface area contributed by atoms with Crippen LogP contribution in [-0.2, 0) is 14.8 Å². The lowest BCUT2D eigenvalue weighted by atomic mass is 10.3. The molecule has 0 aliphatic heterocycles. The van der Waals surface area contributed by atoms with Crippen LogP contribution in [0.5, 0.6) is 0 Å². The van der Waals surface area contributed by atoms with E-state index in [-0.39, 0.29) is 16.6 Å². The molecule has 1 fully saturated rings. The largest absolute Gasteiger partial charge is 0.398 e. The van der Waals surface area contributed by atoms with Crippen molar-refractivity contribution in [3.63, 3.8) is 0 Å². The smallest absolute Gasteiger partial charge is 0.243 e. The summed E-state index contributed by atoms with van der Waals surface area (Å²) in [5, 5.41) is 2.68. The van der Waals surface area contributed by atoms with Crippen LogP contribution < -0.4 is 15.8 Å². The fraction of sp³-hybridized carbons (Fsp3) is 0.417. The lowest BCUT2D eigenvalue weighted by molar-refractivity contribution is -0.122. The summed E-state index contributed by atoms with van der Waals surface area (Å²) in [6.45, 7) is 1.42. The number of nitrogens with one attached hydrogen (secondary N) is 2. The van der Waals surface area contributed by atoms with E-state index in [0.717, 1.165) is 25.0 Å². The van der Waals surface area contributed by atoms with Crippen molar-refractivity contribution in [2.75, 3.05) is 5.73 Å². The molecule has 0 spiro atoms. The number of anilines is 1. The summed E-state index contributed by atoms with van der Waals surface area (Å²) in [5.74, 6) is -1.12. The maximum Gasteiger partial charge on any atom is 0.243 e. The third-order valence-electron chi connectivity index (χ3n) is 2.91. The van der Waals surface area contributed by atoms with Crippen molar-refractivity contribution in [3.05, 3.63) is 24.0 Å². The Hall–Kier alpha value is -1.67. The highest BCUT2D eigenvalue weighted by Crippen LogP contribution is 2.20. The number of rotatable bonds is 5. The fourth-order valence-electron chi connectivity index (χ4n) is 1.64. The van der Waals surface area contributed by atoms with Gasteiger partial charge in [-0.25, -0.2) is 12.8 Å². The van der Waals surface area contributed by atoms with Gasteiger partial charge in [-0.05, 0) is 38.0 Å². The summed E-state index contributed by atoms with van der Waals surface area (Å²) in [7, 11) is -4.05. The Morgan fingerprint density at radius 2 is 2.10 bits per heavy atom.